The van der Waals surface area contributed by atoms with Crippen LogP contribution in [0.1, 0.15) is 11.6 Å². The third-order valence-corrected chi connectivity index (χ3v) is 8.45. The molecule has 4 aliphatic heterocycles. The molecular formula is C29H28ClN3O5. The van der Waals surface area contributed by atoms with Crippen LogP contribution in [0.2, 0.25) is 5.02 Å². The Morgan fingerprint density at radius 2 is 1.74 bits per heavy atom. The minimum absolute atomic E-state index is 0.204. The second kappa shape index (κ2) is 9.38. The molecule has 1 spiro atoms. The van der Waals surface area contributed by atoms with Crippen molar-refractivity contribution >= 4 is 35.0 Å². The lowest BCUT2D eigenvalue weighted by Crippen LogP contribution is -2.56. The summed E-state index contributed by atoms with van der Waals surface area (Å²) in [6.07, 6.45) is 6.62. The second-order valence-corrected chi connectivity index (χ2v) is 10.6. The summed E-state index contributed by atoms with van der Waals surface area (Å²) in [5.74, 6) is -2.70. The van der Waals surface area contributed by atoms with Gasteiger partial charge in [-0.05, 0) is 17.7 Å². The molecule has 1 unspecified atom stereocenters. The van der Waals surface area contributed by atoms with Crippen molar-refractivity contribution in [1.82, 2.24) is 9.80 Å². The summed E-state index contributed by atoms with van der Waals surface area (Å²) >= 11 is 6.50. The molecule has 6 rings (SSSR count). The quantitative estimate of drug-likeness (QED) is 0.610. The second-order valence-electron chi connectivity index (χ2n) is 10.1. The first-order chi connectivity index (χ1) is 18.4. The molecule has 2 aromatic carbocycles. The topological polar surface area (TPSA) is 90.4 Å². The van der Waals surface area contributed by atoms with Crippen LogP contribution in [0.5, 0.6) is 0 Å². The Bertz CT molecular complexity index is 1350. The zero-order chi connectivity index (χ0) is 26.6. The van der Waals surface area contributed by atoms with Gasteiger partial charge in [-0.3, -0.25) is 14.4 Å². The number of likely N-dealkylation sites (N-methyl/N-ethyl adjacent to an activating group) is 1. The molecule has 0 aliphatic carbocycles. The number of hydrogen-bond acceptors (Lipinski definition) is 5. The molecule has 0 saturated carbocycles. The number of para-hydroxylation sites is 1. The summed E-state index contributed by atoms with van der Waals surface area (Å²) in [7, 11) is 1.70. The molecule has 3 amide bonds. The number of nitrogens with zero attached hydrogens (tertiary/aromatic N) is 3. The van der Waals surface area contributed by atoms with E-state index in [9.17, 15) is 19.5 Å². The first-order valence-corrected chi connectivity index (χ1v) is 13.1. The van der Waals surface area contributed by atoms with Crippen molar-refractivity contribution < 1.29 is 24.2 Å². The van der Waals surface area contributed by atoms with Crippen LogP contribution in [0.4, 0.5) is 5.69 Å². The van der Waals surface area contributed by atoms with Crippen LogP contribution in [-0.2, 0) is 19.1 Å². The molecule has 2 aromatic rings. The average molecular weight is 534 g/mol. The molecule has 9 heteroatoms. The Labute approximate surface area is 225 Å². The lowest BCUT2D eigenvalue weighted by molar-refractivity contribution is -0.146. The van der Waals surface area contributed by atoms with E-state index in [-0.39, 0.29) is 24.3 Å². The van der Waals surface area contributed by atoms with Gasteiger partial charge in [0.05, 0.1) is 41.3 Å². The van der Waals surface area contributed by atoms with Gasteiger partial charge in [-0.1, -0.05) is 78.4 Å². The number of aliphatic hydroxyl groups excluding tert-OH is 1. The van der Waals surface area contributed by atoms with Crippen LogP contribution in [0.25, 0.3) is 0 Å². The van der Waals surface area contributed by atoms with E-state index in [4.69, 9.17) is 16.3 Å². The van der Waals surface area contributed by atoms with Gasteiger partial charge in [0.25, 0.3) is 5.91 Å². The molecule has 38 heavy (non-hydrogen) atoms. The molecule has 2 saturated heterocycles. The summed E-state index contributed by atoms with van der Waals surface area (Å²) in [5.41, 5.74) is -0.190. The van der Waals surface area contributed by atoms with Crippen molar-refractivity contribution in [3.05, 3.63) is 89.5 Å². The Morgan fingerprint density at radius 3 is 2.47 bits per heavy atom. The summed E-state index contributed by atoms with van der Waals surface area (Å²) in [6, 6.07) is 14.2. The number of carbonyl (C=O) groups excluding carboxylic acids is 3. The predicted octanol–water partition coefficient (Wildman–Crippen LogP) is 2.59. The van der Waals surface area contributed by atoms with E-state index < -0.39 is 42.2 Å². The number of fused-ring (bicyclic) bond motifs is 2. The maximum Gasteiger partial charge on any atom is 0.253 e. The van der Waals surface area contributed by atoms with Crippen LogP contribution in [0.15, 0.2) is 78.9 Å². The molecule has 2 fully saturated rings. The minimum Gasteiger partial charge on any atom is -0.394 e. The first-order valence-electron chi connectivity index (χ1n) is 12.7. The molecule has 196 valence electrons. The molecule has 1 N–H and O–H groups in total. The zero-order valence-electron chi connectivity index (χ0n) is 20.8. The Morgan fingerprint density at radius 1 is 1.00 bits per heavy atom. The maximum absolute atomic E-state index is 14.5. The number of benzene rings is 2. The lowest BCUT2D eigenvalue weighted by atomic mass is 9.77. The van der Waals surface area contributed by atoms with Gasteiger partial charge in [-0.25, -0.2) is 0 Å². The highest BCUT2D eigenvalue weighted by Gasteiger charge is 2.72. The highest BCUT2D eigenvalue weighted by atomic mass is 35.5. The van der Waals surface area contributed by atoms with Crippen LogP contribution < -0.4 is 4.90 Å². The number of hydrogen-bond donors (Lipinski definition) is 1. The van der Waals surface area contributed by atoms with Gasteiger partial charge in [-0.2, -0.15) is 0 Å². The van der Waals surface area contributed by atoms with Crippen LogP contribution >= 0.6 is 11.6 Å². The monoisotopic (exact) mass is 533 g/mol. The van der Waals surface area contributed by atoms with E-state index >= 15 is 0 Å². The van der Waals surface area contributed by atoms with Gasteiger partial charge in [0.1, 0.15) is 11.6 Å². The zero-order valence-corrected chi connectivity index (χ0v) is 21.6. The predicted molar refractivity (Wildman–Crippen MR) is 141 cm³/mol. The summed E-state index contributed by atoms with van der Waals surface area (Å²) in [5, 5.41) is 11.0. The molecular weight excluding hydrogens is 506 g/mol. The van der Waals surface area contributed by atoms with Gasteiger partial charge >= 0.3 is 0 Å². The van der Waals surface area contributed by atoms with E-state index in [1.807, 2.05) is 48.6 Å². The van der Waals surface area contributed by atoms with E-state index in [0.29, 0.717) is 22.8 Å². The first kappa shape index (κ1) is 24.9. The molecule has 6 atom stereocenters. The number of amides is 3. The number of aliphatic hydroxyl groups is 1. The Hall–Kier alpha value is -3.46. The number of anilines is 1. The van der Waals surface area contributed by atoms with Crippen molar-refractivity contribution in [2.24, 2.45) is 11.8 Å². The highest BCUT2D eigenvalue weighted by molar-refractivity contribution is 6.34. The summed E-state index contributed by atoms with van der Waals surface area (Å²) in [4.78, 5) is 47.0. The third kappa shape index (κ3) is 3.55. The van der Waals surface area contributed by atoms with E-state index in [1.54, 1.807) is 47.2 Å². The number of carbonyl (C=O) groups is 3. The van der Waals surface area contributed by atoms with Gasteiger partial charge in [0, 0.05) is 20.1 Å². The van der Waals surface area contributed by atoms with E-state index in [0.717, 1.165) is 0 Å². The fraction of sp³-hybridized carbons (Fsp3) is 0.345. The molecule has 4 aliphatic rings. The van der Waals surface area contributed by atoms with Crippen LogP contribution in [-0.4, -0.2) is 77.1 Å². The van der Waals surface area contributed by atoms with Crippen LogP contribution in [0, 0.1) is 11.8 Å². The fourth-order valence-corrected chi connectivity index (χ4v) is 6.69. The smallest absolute Gasteiger partial charge is 0.253 e. The van der Waals surface area contributed by atoms with Gasteiger partial charge in [0.2, 0.25) is 11.8 Å². The normalized spacial score (nSPS) is 31.1. The molecule has 0 bridgehead atoms. The minimum atomic E-state index is -1.39. The third-order valence-electron chi connectivity index (χ3n) is 8.13. The van der Waals surface area contributed by atoms with Crippen molar-refractivity contribution in [3.8, 4) is 0 Å². The van der Waals surface area contributed by atoms with Crippen molar-refractivity contribution in [1.29, 1.82) is 0 Å². The molecule has 0 radical (unpaired) electrons. The van der Waals surface area contributed by atoms with Gasteiger partial charge < -0.3 is 24.5 Å². The van der Waals surface area contributed by atoms with E-state index in [2.05, 4.69) is 0 Å². The summed E-state index contributed by atoms with van der Waals surface area (Å²) in [6.45, 7) is 0.224. The van der Waals surface area contributed by atoms with Gasteiger partial charge in [-0.15, -0.1) is 0 Å². The Balaban J connectivity index is 1.53. The van der Waals surface area contributed by atoms with Gasteiger partial charge in [0.15, 0.2) is 0 Å². The van der Waals surface area contributed by atoms with Crippen molar-refractivity contribution in [3.63, 3.8) is 0 Å². The van der Waals surface area contributed by atoms with Crippen molar-refractivity contribution in [2.75, 3.05) is 31.6 Å². The lowest BCUT2D eigenvalue weighted by Gasteiger charge is -2.38. The largest absolute Gasteiger partial charge is 0.394 e. The Kier molecular flexibility index (Phi) is 6.13. The molecule has 4 heterocycles. The standard InChI is InChI=1S/C29H28ClN3O5/c1-31-15-7-13-22-23(26(31)35)24-27(36)33(21(17-34)18-9-3-2-4-10-18)25-28(37)32(16-8-14-29(24,25)38-22)20-12-6-5-11-19(20)30/h2-14,21-25,34H,15-17H2,1H3/t21-,22+,23-,24+,25?,29+/m1/s1. The summed E-state index contributed by atoms with van der Waals surface area (Å²) < 4.78 is 6.63. The maximum atomic E-state index is 14.5. The average Bonchev–Trinajstić information content (AvgIpc) is 3.25. The SMILES string of the molecule is CN1CC=C[C@@H]2O[C@]34C=CCN(c5ccccc5Cl)C(=O)C3N([C@H](CO)c3ccccc3)C(=O)[C@@H]4[C@@H]2C1=O. The number of halogens is 1. The number of ether oxygens (including phenoxy) is 1. The van der Waals surface area contributed by atoms with E-state index in [1.165, 1.54) is 4.90 Å². The van der Waals surface area contributed by atoms with Crippen molar-refractivity contribution in [2.45, 2.75) is 23.8 Å². The number of likely N-dealkylation sites (tertiary alicyclic amines) is 1. The molecule has 8 nitrogen and oxygen atoms in total. The molecule has 0 aromatic heterocycles. The fourth-order valence-electron chi connectivity index (χ4n) is 6.45. The van der Waals surface area contributed by atoms with Crippen LogP contribution in [0.3, 0.4) is 0 Å². The highest BCUT2D eigenvalue weighted by Crippen LogP contribution is 2.55. The number of rotatable bonds is 4.